The van der Waals surface area contributed by atoms with Crippen LogP contribution >= 0.6 is 23.4 Å². The molecule has 24 heavy (non-hydrogen) atoms. The summed E-state index contributed by atoms with van der Waals surface area (Å²) >= 11 is 7.90. The van der Waals surface area contributed by atoms with E-state index >= 15 is 0 Å². The molecule has 0 aromatic carbocycles. The number of rotatable bonds is 2. The van der Waals surface area contributed by atoms with E-state index in [4.69, 9.17) is 16.6 Å². The summed E-state index contributed by atoms with van der Waals surface area (Å²) in [7, 11) is 3.92. The zero-order chi connectivity index (χ0) is 16.8. The van der Waals surface area contributed by atoms with Gasteiger partial charge in [-0.3, -0.25) is 14.7 Å². The summed E-state index contributed by atoms with van der Waals surface area (Å²) < 4.78 is 0. The first-order valence-electron chi connectivity index (χ1n) is 8.46. The Morgan fingerprint density at radius 1 is 1.29 bits per heavy atom. The highest BCUT2D eigenvalue weighted by Gasteiger charge is 2.46. The van der Waals surface area contributed by atoms with Gasteiger partial charge in [0.15, 0.2) is 0 Å². The van der Waals surface area contributed by atoms with E-state index in [0.717, 1.165) is 29.1 Å². The van der Waals surface area contributed by atoms with Gasteiger partial charge in [-0.1, -0.05) is 42.6 Å². The molecule has 7 heteroatoms. The fourth-order valence-corrected chi connectivity index (χ4v) is 5.52. The molecule has 0 spiro atoms. The minimum atomic E-state index is -0.211. The number of aromatic nitrogens is 1. The Bertz CT molecular complexity index is 702. The second-order valence-electron chi connectivity index (χ2n) is 6.85. The number of nitrogens with zero attached hydrogens (tertiary/aromatic N) is 4. The van der Waals surface area contributed by atoms with Crippen molar-refractivity contribution in [1.29, 1.82) is 0 Å². The van der Waals surface area contributed by atoms with Crippen molar-refractivity contribution < 1.29 is 4.79 Å². The van der Waals surface area contributed by atoms with Crippen LogP contribution in [-0.4, -0.2) is 47.5 Å². The summed E-state index contributed by atoms with van der Waals surface area (Å²) in [6.07, 6.45) is 9.29. The molecule has 4 rings (SSSR count). The molecule has 3 aliphatic rings. The number of carbonyl (C=O) groups is 1. The van der Waals surface area contributed by atoms with Gasteiger partial charge in [-0.2, -0.15) is 0 Å². The predicted octanol–water partition coefficient (Wildman–Crippen LogP) is 3.52. The van der Waals surface area contributed by atoms with Crippen LogP contribution in [0.5, 0.6) is 0 Å². The van der Waals surface area contributed by atoms with E-state index in [1.165, 1.54) is 31.0 Å². The summed E-state index contributed by atoms with van der Waals surface area (Å²) in [5.41, 5.74) is 1.92. The van der Waals surface area contributed by atoms with Crippen LogP contribution < -0.4 is 4.90 Å². The maximum absolute atomic E-state index is 13.1. The molecule has 0 N–H and O–H groups in total. The van der Waals surface area contributed by atoms with Crippen molar-refractivity contribution in [3.63, 3.8) is 0 Å². The molecule has 1 aliphatic carbocycles. The van der Waals surface area contributed by atoms with Gasteiger partial charge in [-0.05, 0) is 12.8 Å². The lowest BCUT2D eigenvalue weighted by Gasteiger charge is -2.36. The Hall–Kier alpha value is -1.27. The van der Waals surface area contributed by atoms with E-state index < -0.39 is 0 Å². The van der Waals surface area contributed by atoms with Gasteiger partial charge in [0.1, 0.15) is 16.3 Å². The summed E-state index contributed by atoms with van der Waals surface area (Å²) in [5, 5.41) is 1.28. The molecular weight excluding hydrogens is 344 g/mol. The van der Waals surface area contributed by atoms with Crippen LogP contribution in [0.3, 0.4) is 0 Å². The van der Waals surface area contributed by atoms with Crippen LogP contribution in [0.4, 0.5) is 5.69 Å². The first kappa shape index (κ1) is 16.2. The second-order valence-corrected chi connectivity index (χ2v) is 8.39. The number of fused-ring (bicyclic) bond motifs is 3. The molecular formula is C17H21ClN4OS. The molecule has 1 fully saturated rings. The van der Waals surface area contributed by atoms with Crippen molar-refractivity contribution >= 4 is 41.3 Å². The van der Waals surface area contributed by atoms with Gasteiger partial charge in [0.05, 0.1) is 17.0 Å². The van der Waals surface area contributed by atoms with Gasteiger partial charge in [-0.25, -0.2) is 4.98 Å². The highest BCUT2D eigenvalue weighted by atomic mass is 35.5. The molecule has 1 saturated carbocycles. The lowest BCUT2D eigenvalue weighted by molar-refractivity contribution is -0.129. The lowest BCUT2D eigenvalue weighted by atomic mass is 9.93. The summed E-state index contributed by atoms with van der Waals surface area (Å²) in [6, 6.07) is 0.131. The molecule has 0 saturated heterocycles. The maximum atomic E-state index is 13.1. The molecule has 2 atom stereocenters. The molecule has 1 aromatic heterocycles. The Morgan fingerprint density at radius 3 is 2.75 bits per heavy atom. The normalized spacial score (nSPS) is 26.5. The number of amides is 1. The third kappa shape index (κ3) is 2.51. The second kappa shape index (κ2) is 6.23. The van der Waals surface area contributed by atoms with Crippen LogP contribution in [0.15, 0.2) is 16.2 Å². The Kier molecular flexibility index (Phi) is 4.21. The minimum absolute atomic E-state index is 0.172. The van der Waals surface area contributed by atoms with Crippen molar-refractivity contribution in [2.24, 2.45) is 4.99 Å². The molecule has 2 aliphatic heterocycles. The number of carbonyl (C=O) groups excluding carboxylic acids is 1. The predicted molar refractivity (Wildman–Crippen MR) is 98.2 cm³/mol. The Morgan fingerprint density at radius 2 is 2.04 bits per heavy atom. The monoisotopic (exact) mass is 364 g/mol. The fourth-order valence-electron chi connectivity index (χ4n) is 3.95. The average molecular weight is 365 g/mol. The smallest absolute Gasteiger partial charge is 0.244 e. The fraction of sp³-hybridized carbons (Fsp3) is 0.588. The van der Waals surface area contributed by atoms with Crippen LogP contribution in [0.25, 0.3) is 0 Å². The summed E-state index contributed by atoms with van der Waals surface area (Å²) in [6.45, 7) is 0. The van der Waals surface area contributed by atoms with E-state index in [-0.39, 0.29) is 17.2 Å². The van der Waals surface area contributed by atoms with E-state index in [1.54, 1.807) is 12.5 Å². The largest absolute Gasteiger partial charge is 0.376 e. The average Bonchev–Trinajstić information content (AvgIpc) is 2.95. The number of halogens is 1. The molecule has 3 heterocycles. The van der Waals surface area contributed by atoms with Gasteiger partial charge in [0, 0.05) is 31.9 Å². The summed E-state index contributed by atoms with van der Waals surface area (Å²) in [4.78, 5) is 26.2. The van der Waals surface area contributed by atoms with Crippen LogP contribution in [0, 0.1) is 0 Å². The van der Waals surface area contributed by atoms with Gasteiger partial charge in [-0.15, -0.1) is 0 Å². The Balaban J connectivity index is 1.69. The number of anilines is 1. The van der Waals surface area contributed by atoms with Crippen LogP contribution in [0.1, 0.15) is 43.7 Å². The number of aliphatic imine (C=N–C) groups is 1. The van der Waals surface area contributed by atoms with Crippen molar-refractivity contribution in [3.05, 3.63) is 16.8 Å². The van der Waals surface area contributed by atoms with Crippen molar-refractivity contribution in [3.8, 4) is 0 Å². The lowest BCUT2D eigenvalue weighted by Crippen LogP contribution is -2.48. The van der Waals surface area contributed by atoms with Gasteiger partial charge >= 0.3 is 0 Å². The van der Waals surface area contributed by atoms with Crippen molar-refractivity contribution in [1.82, 2.24) is 9.88 Å². The topological polar surface area (TPSA) is 48.8 Å². The number of thioether (sulfide) groups is 1. The van der Waals surface area contributed by atoms with E-state index in [1.807, 2.05) is 23.9 Å². The Labute approximate surface area is 151 Å². The molecule has 1 aromatic rings. The molecule has 5 nitrogen and oxygen atoms in total. The van der Waals surface area contributed by atoms with Crippen LogP contribution in [0.2, 0.25) is 5.02 Å². The third-order valence-corrected chi connectivity index (χ3v) is 6.63. The maximum Gasteiger partial charge on any atom is 0.244 e. The number of hydrogen-bond acceptors (Lipinski definition) is 5. The molecule has 0 bridgehead atoms. The number of hydrogen-bond donors (Lipinski definition) is 0. The van der Waals surface area contributed by atoms with E-state index in [2.05, 4.69) is 4.98 Å². The van der Waals surface area contributed by atoms with Gasteiger partial charge in [0.2, 0.25) is 5.91 Å². The number of pyridine rings is 1. The summed E-state index contributed by atoms with van der Waals surface area (Å²) in [5.74, 6) is 0.172. The quantitative estimate of drug-likeness (QED) is 0.805. The molecule has 0 radical (unpaired) electrons. The van der Waals surface area contributed by atoms with Gasteiger partial charge < -0.3 is 4.90 Å². The molecule has 1 amide bonds. The molecule has 128 valence electrons. The van der Waals surface area contributed by atoms with E-state index in [0.29, 0.717) is 11.1 Å². The van der Waals surface area contributed by atoms with Gasteiger partial charge in [0.25, 0.3) is 0 Å². The highest BCUT2D eigenvalue weighted by molar-refractivity contribution is 8.01. The standard InChI is InChI=1S/C17H21ClN4OS/c1-21(2)14-11(18)8-19-16-12(14)13-15(24-16)17(23)22(9-20-13)10-6-4-3-5-7-10/h8-10,13,15H,3-7H2,1-2H3/t13-,15?/m1/s1. The first-order chi connectivity index (χ1) is 11.6. The van der Waals surface area contributed by atoms with Crippen molar-refractivity contribution in [2.45, 2.75) is 54.5 Å². The zero-order valence-electron chi connectivity index (χ0n) is 13.9. The third-order valence-electron chi connectivity index (χ3n) is 5.09. The van der Waals surface area contributed by atoms with Crippen molar-refractivity contribution in [2.75, 3.05) is 19.0 Å². The van der Waals surface area contributed by atoms with Crippen LogP contribution in [-0.2, 0) is 4.79 Å². The zero-order valence-corrected chi connectivity index (χ0v) is 15.5. The molecule has 1 unspecified atom stereocenters. The highest BCUT2D eigenvalue weighted by Crippen LogP contribution is 2.52. The SMILES string of the molecule is CN(C)c1c(Cl)cnc2c1[C@H]1N=CN(C3CCCCC3)C(=O)C1S2. The minimum Gasteiger partial charge on any atom is -0.376 e. The first-order valence-corrected chi connectivity index (χ1v) is 9.71. The van der Waals surface area contributed by atoms with E-state index in [9.17, 15) is 4.79 Å².